The van der Waals surface area contributed by atoms with Gasteiger partial charge in [0.2, 0.25) is 0 Å². The summed E-state index contributed by atoms with van der Waals surface area (Å²) >= 11 is 0. The molecule has 2 nitrogen and oxygen atoms in total. The standard InChI is InChI=1S/C17H23FN2.C2H6/c1-11(2)12-4-6-13(7-5-12)17-14-10-19-20(3)16(14)9-8-15(17)18;1-2/h8-13H,4-7H2,1-3H3;1-2H3. The topological polar surface area (TPSA) is 17.8 Å². The second-order valence-electron chi connectivity index (χ2n) is 6.52. The van der Waals surface area contributed by atoms with Crippen molar-refractivity contribution >= 4 is 10.9 Å². The smallest absolute Gasteiger partial charge is 0.127 e. The van der Waals surface area contributed by atoms with Crippen LogP contribution in [0.1, 0.15) is 64.9 Å². The summed E-state index contributed by atoms with van der Waals surface area (Å²) in [5.41, 5.74) is 1.94. The molecule has 1 saturated carbocycles. The molecule has 0 atom stereocenters. The average Bonchev–Trinajstić information content (AvgIpc) is 2.90. The number of rotatable bonds is 2. The van der Waals surface area contributed by atoms with E-state index in [0.29, 0.717) is 5.92 Å². The first-order valence-electron chi connectivity index (χ1n) is 8.68. The molecule has 0 N–H and O–H groups in total. The van der Waals surface area contributed by atoms with Crippen LogP contribution in [0.5, 0.6) is 0 Å². The van der Waals surface area contributed by atoms with Crippen molar-refractivity contribution in [1.29, 1.82) is 0 Å². The van der Waals surface area contributed by atoms with E-state index < -0.39 is 0 Å². The van der Waals surface area contributed by atoms with E-state index >= 15 is 0 Å². The second-order valence-corrected chi connectivity index (χ2v) is 6.52. The predicted octanol–water partition coefficient (Wildman–Crippen LogP) is 5.67. The zero-order valence-electron chi connectivity index (χ0n) is 14.6. The van der Waals surface area contributed by atoms with Crippen molar-refractivity contribution < 1.29 is 4.39 Å². The molecule has 1 heterocycles. The Kier molecular flexibility index (Phi) is 5.60. The molecule has 0 amide bonds. The molecule has 0 spiro atoms. The van der Waals surface area contributed by atoms with Gasteiger partial charge in [-0.2, -0.15) is 5.10 Å². The molecule has 2 aromatic rings. The number of hydrogen-bond acceptors (Lipinski definition) is 1. The molecule has 1 aliphatic rings. The van der Waals surface area contributed by atoms with Crippen LogP contribution >= 0.6 is 0 Å². The first kappa shape index (κ1) is 17.0. The average molecular weight is 304 g/mol. The van der Waals surface area contributed by atoms with Crippen LogP contribution in [-0.4, -0.2) is 9.78 Å². The lowest BCUT2D eigenvalue weighted by Gasteiger charge is -2.31. The van der Waals surface area contributed by atoms with Gasteiger partial charge in [0.05, 0.1) is 11.7 Å². The summed E-state index contributed by atoms with van der Waals surface area (Å²) in [7, 11) is 1.92. The van der Waals surface area contributed by atoms with Gasteiger partial charge in [0, 0.05) is 18.0 Å². The summed E-state index contributed by atoms with van der Waals surface area (Å²) in [5, 5.41) is 5.29. The Morgan fingerprint density at radius 2 is 1.77 bits per heavy atom. The van der Waals surface area contributed by atoms with Gasteiger partial charge >= 0.3 is 0 Å². The van der Waals surface area contributed by atoms with Gasteiger partial charge < -0.3 is 0 Å². The monoisotopic (exact) mass is 304 g/mol. The molecule has 1 aromatic heterocycles. The molecule has 3 heteroatoms. The zero-order valence-corrected chi connectivity index (χ0v) is 14.6. The van der Waals surface area contributed by atoms with E-state index in [9.17, 15) is 4.39 Å². The van der Waals surface area contributed by atoms with E-state index in [-0.39, 0.29) is 5.82 Å². The van der Waals surface area contributed by atoms with Crippen molar-refractivity contribution in [3.8, 4) is 0 Å². The molecule has 1 aliphatic carbocycles. The third-order valence-corrected chi connectivity index (χ3v) is 5.04. The number of hydrogen-bond donors (Lipinski definition) is 0. The SMILES string of the molecule is CC.CC(C)C1CCC(c2c(F)ccc3c2cnn3C)CC1. The lowest BCUT2D eigenvalue weighted by atomic mass is 9.74. The maximum atomic E-state index is 14.3. The van der Waals surface area contributed by atoms with Crippen LogP contribution in [0.2, 0.25) is 0 Å². The minimum absolute atomic E-state index is 0.0569. The minimum atomic E-state index is -0.0569. The Morgan fingerprint density at radius 1 is 1.14 bits per heavy atom. The Hall–Kier alpha value is -1.38. The van der Waals surface area contributed by atoms with Crippen molar-refractivity contribution in [2.24, 2.45) is 18.9 Å². The van der Waals surface area contributed by atoms with Crippen LogP contribution < -0.4 is 0 Å². The summed E-state index contributed by atoms with van der Waals surface area (Å²) in [4.78, 5) is 0. The molecule has 0 radical (unpaired) electrons. The van der Waals surface area contributed by atoms with Gasteiger partial charge in [-0.15, -0.1) is 0 Å². The fourth-order valence-electron chi connectivity index (χ4n) is 3.71. The predicted molar refractivity (Wildman–Crippen MR) is 91.6 cm³/mol. The Morgan fingerprint density at radius 3 is 2.36 bits per heavy atom. The molecule has 122 valence electrons. The number of aryl methyl sites for hydroxylation is 1. The summed E-state index contributed by atoms with van der Waals surface area (Å²) < 4.78 is 16.2. The number of nitrogens with zero attached hydrogens (tertiary/aromatic N) is 2. The molecular weight excluding hydrogens is 275 g/mol. The number of halogens is 1. The molecule has 22 heavy (non-hydrogen) atoms. The van der Waals surface area contributed by atoms with Gasteiger partial charge in [0.25, 0.3) is 0 Å². The van der Waals surface area contributed by atoms with Gasteiger partial charge in [-0.1, -0.05) is 27.7 Å². The normalized spacial score (nSPS) is 21.8. The van der Waals surface area contributed by atoms with Gasteiger partial charge in [-0.25, -0.2) is 4.39 Å². The van der Waals surface area contributed by atoms with Crippen molar-refractivity contribution in [2.45, 2.75) is 59.3 Å². The van der Waals surface area contributed by atoms with E-state index in [2.05, 4.69) is 18.9 Å². The fourth-order valence-corrected chi connectivity index (χ4v) is 3.71. The first-order valence-corrected chi connectivity index (χ1v) is 8.68. The maximum Gasteiger partial charge on any atom is 0.127 e. The number of aromatic nitrogens is 2. The van der Waals surface area contributed by atoms with Crippen LogP contribution in [0.4, 0.5) is 4.39 Å². The molecule has 1 aromatic carbocycles. The minimum Gasteiger partial charge on any atom is -0.268 e. The molecule has 0 aliphatic heterocycles. The van der Waals surface area contributed by atoms with E-state index in [1.165, 1.54) is 12.8 Å². The lowest BCUT2D eigenvalue weighted by molar-refractivity contribution is 0.257. The van der Waals surface area contributed by atoms with Crippen LogP contribution in [0, 0.1) is 17.7 Å². The second kappa shape index (κ2) is 7.26. The van der Waals surface area contributed by atoms with E-state index in [1.807, 2.05) is 37.8 Å². The number of benzene rings is 1. The Labute approximate surface area is 133 Å². The van der Waals surface area contributed by atoms with Gasteiger partial charge in [0.1, 0.15) is 5.82 Å². The highest BCUT2D eigenvalue weighted by molar-refractivity contribution is 5.83. The first-order chi connectivity index (χ1) is 10.6. The highest BCUT2D eigenvalue weighted by Gasteiger charge is 2.27. The van der Waals surface area contributed by atoms with E-state index in [4.69, 9.17) is 0 Å². The highest BCUT2D eigenvalue weighted by Crippen LogP contribution is 2.41. The molecular formula is C19H29FN2. The number of fused-ring (bicyclic) bond motifs is 1. The lowest BCUT2D eigenvalue weighted by Crippen LogP contribution is -2.18. The van der Waals surface area contributed by atoms with Crippen LogP contribution in [0.3, 0.4) is 0 Å². The van der Waals surface area contributed by atoms with Crippen LogP contribution in [-0.2, 0) is 7.05 Å². The molecule has 0 bridgehead atoms. The van der Waals surface area contributed by atoms with Crippen LogP contribution in [0.15, 0.2) is 18.3 Å². The summed E-state index contributed by atoms with van der Waals surface area (Å²) in [6, 6.07) is 3.44. The zero-order chi connectivity index (χ0) is 16.3. The van der Waals surface area contributed by atoms with Crippen molar-refractivity contribution in [1.82, 2.24) is 9.78 Å². The van der Waals surface area contributed by atoms with Crippen molar-refractivity contribution in [3.63, 3.8) is 0 Å². The Balaban J connectivity index is 0.000000847. The van der Waals surface area contributed by atoms with Gasteiger partial charge in [-0.05, 0) is 55.6 Å². The quantitative estimate of drug-likeness (QED) is 0.699. The molecule has 1 fully saturated rings. The third-order valence-electron chi connectivity index (χ3n) is 5.04. The van der Waals surface area contributed by atoms with Gasteiger partial charge in [-0.3, -0.25) is 4.68 Å². The van der Waals surface area contributed by atoms with Crippen molar-refractivity contribution in [2.75, 3.05) is 0 Å². The maximum absolute atomic E-state index is 14.3. The summed E-state index contributed by atoms with van der Waals surface area (Å²) in [6.45, 7) is 8.60. The molecule has 0 unspecified atom stereocenters. The highest BCUT2D eigenvalue weighted by atomic mass is 19.1. The summed E-state index contributed by atoms with van der Waals surface area (Å²) in [6.07, 6.45) is 6.47. The van der Waals surface area contributed by atoms with Crippen molar-refractivity contribution in [3.05, 3.63) is 29.7 Å². The third kappa shape index (κ3) is 3.18. The Bertz CT molecular complexity index is 607. The van der Waals surface area contributed by atoms with E-state index in [0.717, 1.165) is 41.1 Å². The van der Waals surface area contributed by atoms with Gasteiger partial charge in [0.15, 0.2) is 0 Å². The fraction of sp³-hybridized carbons (Fsp3) is 0.632. The van der Waals surface area contributed by atoms with E-state index in [1.54, 1.807) is 6.07 Å². The largest absolute Gasteiger partial charge is 0.268 e. The molecule has 0 saturated heterocycles. The summed E-state index contributed by atoms with van der Waals surface area (Å²) in [5.74, 6) is 1.86. The van der Waals surface area contributed by atoms with Crippen LogP contribution in [0.25, 0.3) is 10.9 Å². The molecule has 3 rings (SSSR count).